The first-order valence-electron chi connectivity index (χ1n) is 6.02. The number of Topliss-reactive ketones (excluding diaryl/α,β-unsaturated/α-hetero) is 1. The lowest BCUT2D eigenvalue weighted by Crippen LogP contribution is -2.33. The van der Waals surface area contributed by atoms with Gasteiger partial charge in [-0.1, -0.05) is 6.42 Å². The summed E-state index contributed by atoms with van der Waals surface area (Å²) in [6.45, 7) is 1.23. The van der Waals surface area contributed by atoms with Gasteiger partial charge >= 0.3 is 0 Å². The number of likely N-dealkylation sites (tertiary alicyclic amines) is 1. The van der Waals surface area contributed by atoms with Crippen LogP contribution in [0.15, 0.2) is 0 Å². The van der Waals surface area contributed by atoms with Crippen LogP contribution in [0.1, 0.15) is 32.1 Å². The van der Waals surface area contributed by atoms with E-state index in [1.807, 2.05) is 0 Å². The normalized spacial score (nSPS) is 39.5. The first-order chi connectivity index (χ1) is 7.22. The van der Waals surface area contributed by atoms with E-state index in [2.05, 4.69) is 0 Å². The molecule has 1 heterocycles. The summed E-state index contributed by atoms with van der Waals surface area (Å²) in [6, 6.07) is 0. The van der Waals surface area contributed by atoms with E-state index in [0.717, 1.165) is 18.4 Å². The lowest BCUT2D eigenvalue weighted by atomic mass is 9.88. The molecule has 2 saturated carbocycles. The minimum absolute atomic E-state index is 0.0581. The van der Waals surface area contributed by atoms with E-state index in [-0.39, 0.29) is 18.1 Å². The number of carbonyl (C=O) groups excluding carboxylic acids is 2. The smallest absolute Gasteiger partial charge is 0.230 e. The van der Waals surface area contributed by atoms with E-state index in [4.69, 9.17) is 0 Å². The zero-order valence-corrected chi connectivity index (χ0v) is 8.95. The number of nitrogens with zero attached hydrogens (tertiary/aromatic N) is 1. The number of rotatable bonds is 2. The fraction of sp³-hybridized carbons (Fsp3) is 0.833. The van der Waals surface area contributed by atoms with Gasteiger partial charge in [0, 0.05) is 6.54 Å². The molecule has 15 heavy (non-hydrogen) atoms. The highest BCUT2D eigenvalue weighted by atomic mass is 16.2. The second-order valence-electron chi connectivity index (χ2n) is 5.42. The molecule has 0 aromatic heterocycles. The Hall–Kier alpha value is -0.860. The van der Waals surface area contributed by atoms with Crippen molar-refractivity contribution in [2.75, 3.05) is 13.1 Å². The SMILES string of the molecule is O=C1CC(=O)N(CC2CC3CCC2C3)C1. The number of carbonyl (C=O) groups is 2. The van der Waals surface area contributed by atoms with Crippen LogP contribution in [0, 0.1) is 17.8 Å². The van der Waals surface area contributed by atoms with E-state index in [1.54, 1.807) is 4.90 Å². The number of ketones is 1. The van der Waals surface area contributed by atoms with Gasteiger partial charge in [0.15, 0.2) is 5.78 Å². The van der Waals surface area contributed by atoms with Gasteiger partial charge in [-0.3, -0.25) is 9.59 Å². The van der Waals surface area contributed by atoms with Crippen LogP contribution in [-0.4, -0.2) is 29.7 Å². The van der Waals surface area contributed by atoms with Crippen molar-refractivity contribution in [3.8, 4) is 0 Å². The highest BCUT2D eigenvalue weighted by Crippen LogP contribution is 2.48. The average molecular weight is 207 g/mol. The maximum atomic E-state index is 11.5. The molecular weight excluding hydrogens is 190 g/mol. The zero-order chi connectivity index (χ0) is 10.4. The highest BCUT2D eigenvalue weighted by molar-refractivity contribution is 6.05. The Morgan fingerprint density at radius 2 is 2.07 bits per heavy atom. The fourth-order valence-electron chi connectivity index (χ4n) is 3.69. The Balaban J connectivity index is 1.62. The molecule has 1 amide bonds. The molecule has 3 rings (SSSR count). The van der Waals surface area contributed by atoms with Crippen molar-refractivity contribution in [1.29, 1.82) is 0 Å². The zero-order valence-electron chi connectivity index (χ0n) is 8.95. The molecule has 1 saturated heterocycles. The topological polar surface area (TPSA) is 37.4 Å². The third-order valence-corrected chi connectivity index (χ3v) is 4.41. The number of hydrogen-bond acceptors (Lipinski definition) is 2. The van der Waals surface area contributed by atoms with Crippen LogP contribution in [0.5, 0.6) is 0 Å². The second kappa shape index (κ2) is 3.32. The van der Waals surface area contributed by atoms with Gasteiger partial charge in [0.25, 0.3) is 0 Å². The van der Waals surface area contributed by atoms with Crippen LogP contribution in [0.25, 0.3) is 0 Å². The van der Waals surface area contributed by atoms with Gasteiger partial charge in [0.05, 0.1) is 13.0 Å². The Kier molecular flexibility index (Phi) is 2.08. The summed E-state index contributed by atoms with van der Waals surface area (Å²) in [4.78, 5) is 24.4. The monoisotopic (exact) mass is 207 g/mol. The van der Waals surface area contributed by atoms with E-state index in [1.165, 1.54) is 25.7 Å². The molecule has 3 heteroatoms. The molecule has 0 aromatic carbocycles. The Morgan fingerprint density at radius 1 is 1.20 bits per heavy atom. The van der Waals surface area contributed by atoms with Gasteiger partial charge in [-0.05, 0) is 37.0 Å². The predicted octanol–water partition coefficient (Wildman–Crippen LogP) is 1.22. The van der Waals surface area contributed by atoms with Crippen molar-refractivity contribution in [3.63, 3.8) is 0 Å². The van der Waals surface area contributed by atoms with E-state index >= 15 is 0 Å². The summed E-state index contributed by atoms with van der Waals surface area (Å²) in [5, 5.41) is 0. The van der Waals surface area contributed by atoms with Crippen molar-refractivity contribution in [1.82, 2.24) is 4.90 Å². The predicted molar refractivity (Wildman–Crippen MR) is 55.1 cm³/mol. The summed E-state index contributed by atoms with van der Waals surface area (Å²) in [5.41, 5.74) is 0. The molecule has 1 aliphatic heterocycles. The second-order valence-corrected chi connectivity index (χ2v) is 5.42. The molecule has 82 valence electrons. The largest absolute Gasteiger partial charge is 0.335 e. The van der Waals surface area contributed by atoms with Crippen molar-refractivity contribution in [2.45, 2.75) is 32.1 Å². The third-order valence-electron chi connectivity index (χ3n) is 4.41. The molecule has 2 bridgehead atoms. The molecule has 0 radical (unpaired) electrons. The Labute approximate surface area is 89.8 Å². The lowest BCUT2D eigenvalue weighted by Gasteiger charge is -2.26. The van der Waals surface area contributed by atoms with Crippen molar-refractivity contribution >= 4 is 11.7 Å². The minimum Gasteiger partial charge on any atom is -0.335 e. The van der Waals surface area contributed by atoms with Gasteiger partial charge in [0.1, 0.15) is 0 Å². The number of amides is 1. The van der Waals surface area contributed by atoms with Crippen molar-refractivity contribution in [2.24, 2.45) is 17.8 Å². The molecule has 0 N–H and O–H groups in total. The molecule has 3 atom stereocenters. The standard InChI is InChI=1S/C12H17NO2/c14-11-5-12(15)13(7-11)6-10-4-8-1-2-9(10)3-8/h8-10H,1-7H2. The van der Waals surface area contributed by atoms with Gasteiger partial charge in [0.2, 0.25) is 5.91 Å². The van der Waals surface area contributed by atoms with E-state index in [0.29, 0.717) is 12.5 Å². The van der Waals surface area contributed by atoms with Crippen LogP contribution in [-0.2, 0) is 9.59 Å². The van der Waals surface area contributed by atoms with Gasteiger partial charge in [-0.2, -0.15) is 0 Å². The molecule has 3 fully saturated rings. The van der Waals surface area contributed by atoms with E-state index in [9.17, 15) is 9.59 Å². The highest BCUT2D eigenvalue weighted by Gasteiger charge is 2.41. The maximum Gasteiger partial charge on any atom is 0.230 e. The molecule has 3 unspecified atom stereocenters. The Morgan fingerprint density at radius 3 is 2.60 bits per heavy atom. The summed E-state index contributed by atoms with van der Waals surface area (Å²) in [6.07, 6.45) is 5.57. The summed E-state index contributed by atoms with van der Waals surface area (Å²) in [7, 11) is 0. The van der Waals surface area contributed by atoms with Crippen LogP contribution in [0.4, 0.5) is 0 Å². The van der Waals surface area contributed by atoms with E-state index < -0.39 is 0 Å². The number of hydrogen-bond donors (Lipinski definition) is 0. The van der Waals surface area contributed by atoms with Crippen LogP contribution in [0.2, 0.25) is 0 Å². The summed E-state index contributed by atoms with van der Waals surface area (Å²) >= 11 is 0. The van der Waals surface area contributed by atoms with Gasteiger partial charge in [-0.25, -0.2) is 0 Å². The third kappa shape index (κ3) is 1.58. The van der Waals surface area contributed by atoms with Crippen molar-refractivity contribution < 1.29 is 9.59 Å². The molecule has 0 aromatic rings. The first kappa shape index (κ1) is 9.37. The quantitative estimate of drug-likeness (QED) is 0.638. The number of fused-ring (bicyclic) bond motifs is 2. The van der Waals surface area contributed by atoms with Crippen molar-refractivity contribution in [3.05, 3.63) is 0 Å². The van der Waals surface area contributed by atoms with Crippen LogP contribution >= 0.6 is 0 Å². The molecule has 3 aliphatic rings. The van der Waals surface area contributed by atoms with Crippen LogP contribution in [0.3, 0.4) is 0 Å². The molecule has 2 aliphatic carbocycles. The van der Waals surface area contributed by atoms with Crippen LogP contribution < -0.4 is 0 Å². The molecule has 0 spiro atoms. The first-order valence-corrected chi connectivity index (χ1v) is 6.02. The van der Waals surface area contributed by atoms with Gasteiger partial charge in [-0.15, -0.1) is 0 Å². The average Bonchev–Trinajstić information content (AvgIpc) is 2.83. The molecular formula is C12H17NO2. The minimum atomic E-state index is 0.0581. The Bertz CT molecular complexity index is 313. The lowest BCUT2D eigenvalue weighted by molar-refractivity contribution is -0.128. The maximum absolute atomic E-state index is 11.5. The summed E-state index contributed by atoms with van der Waals surface area (Å²) < 4.78 is 0. The molecule has 3 nitrogen and oxygen atoms in total. The fourth-order valence-corrected chi connectivity index (χ4v) is 3.69. The van der Waals surface area contributed by atoms with Gasteiger partial charge < -0.3 is 4.90 Å². The summed E-state index contributed by atoms with van der Waals surface area (Å²) in [5.74, 6) is 2.62.